The second-order valence-corrected chi connectivity index (χ2v) is 6.40. The van der Waals surface area contributed by atoms with Crippen LogP contribution in [0, 0.1) is 0 Å². The Morgan fingerprint density at radius 1 is 1.04 bits per heavy atom. The number of hydrogen-bond donors (Lipinski definition) is 2. The van der Waals surface area contributed by atoms with Gasteiger partial charge in [-0.1, -0.05) is 48.5 Å². The van der Waals surface area contributed by atoms with Gasteiger partial charge in [-0.05, 0) is 37.5 Å². The molecule has 2 rings (SSSR count). The number of carbonyl (C=O) groups excluding carboxylic acids is 2. The Labute approximate surface area is 154 Å². The number of esters is 1. The van der Waals surface area contributed by atoms with Gasteiger partial charge in [0.15, 0.2) is 0 Å². The van der Waals surface area contributed by atoms with E-state index in [4.69, 9.17) is 4.74 Å². The number of phenolic OH excluding ortho intramolecular Hbond substituents is 1. The summed E-state index contributed by atoms with van der Waals surface area (Å²) in [5.41, 5.74) is 1.57. The van der Waals surface area contributed by atoms with Crippen LogP contribution in [-0.4, -0.2) is 23.1 Å². The van der Waals surface area contributed by atoms with E-state index in [0.29, 0.717) is 6.42 Å². The average molecular weight is 355 g/mol. The molecule has 0 aliphatic heterocycles. The Balaban J connectivity index is 2.00. The predicted molar refractivity (Wildman–Crippen MR) is 99.6 cm³/mol. The van der Waals surface area contributed by atoms with E-state index in [1.54, 1.807) is 32.0 Å². The number of benzene rings is 2. The van der Waals surface area contributed by atoms with Crippen molar-refractivity contribution in [3.8, 4) is 5.75 Å². The van der Waals surface area contributed by atoms with Gasteiger partial charge in [0.1, 0.15) is 5.75 Å². The summed E-state index contributed by atoms with van der Waals surface area (Å²) >= 11 is 0. The molecule has 0 spiro atoms. The van der Waals surface area contributed by atoms with Gasteiger partial charge in [0.2, 0.25) is 5.91 Å². The maximum Gasteiger partial charge on any atom is 0.308 e. The third-order valence-electron chi connectivity index (χ3n) is 3.89. The molecule has 0 saturated heterocycles. The Hall–Kier alpha value is -2.82. The molecule has 0 aliphatic rings. The van der Waals surface area contributed by atoms with Gasteiger partial charge in [-0.3, -0.25) is 9.59 Å². The lowest BCUT2D eigenvalue weighted by molar-refractivity contribution is -0.148. The molecular formula is C21H25NO4. The molecule has 5 heteroatoms. The molecule has 2 N–H and O–H groups in total. The molecule has 2 aromatic carbocycles. The van der Waals surface area contributed by atoms with E-state index in [-0.39, 0.29) is 36.6 Å². The zero-order valence-electron chi connectivity index (χ0n) is 15.1. The highest BCUT2D eigenvalue weighted by molar-refractivity contribution is 5.78. The highest BCUT2D eigenvalue weighted by Gasteiger charge is 2.20. The third-order valence-corrected chi connectivity index (χ3v) is 3.89. The van der Waals surface area contributed by atoms with Gasteiger partial charge in [-0.15, -0.1) is 0 Å². The van der Waals surface area contributed by atoms with Gasteiger partial charge in [0.25, 0.3) is 0 Å². The fraction of sp³-hybridized carbons (Fsp3) is 0.333. The van der Waals surface area contributed by atoms with Crippen LogP contribution >= 0.6 is 0 Å². The monoisotopic (exact) mass is 355 g/mol. The van der Waals surface area contributed by atoms with E-state index in [9.17, 15) is 14.7 Å². The zero-order valence-corrected chi connectivity index (χ0v) is 15.1. The number of ether oxygens (including phenoxy) is 1. The van der Waals surface area contributed by atoms with Crippen LogP contribution in [-0.2, 0) is 20.7 Å². The number of nitrogens with one attached hydrogen (secondary N) is 1. The molecular weight excluding hydrogens is 330 g/mol. The number of hydrogen-bond acceptors (Lipinski definition) is 4. The SMILES string of the molecule is CC(C)OC(=O)CC(NC(=O)CCc1ccccc1O)c1ccccc1. The molecule has 0 radical (unpaired) electrons. The molecule has 0 bridgehead atoms. The topological polar surface area (TPSA) is 75.6 Å². The van der Waals surface area contributed by atoms with Crippen LogP contribution in [0.1, 0.15) is 43.9 Å². The molecule has 138 valence electrons. The molecule has 1 atom stereocenters. The first-order valence-corrected chi connectivity index (χ1v) is 8.76. The maximum absolute atomic E-state index is 12.4. The lowest BCUT2D eigenvalue weighted by atomic mass is 10.0. The number of rotatable bonds is 8. The first kappa shape index (κ1) is 19.5. The number of aromatic hydroxyl groups is 1. The van der Waals surface area contributed by atoms with Crippen molar-refractivity contribution in [3.63, 3.8) is 0 Å². The molecule has 0 heterocycles. The first-order valence-electron chi connectivity index (χ1n) is 8.76. The summed E-state index contributed by atoms with van der Waals surface area (Å²) in [6, 6.07) is 15.9. The van der Waals surface area contributed by atoms with Gasteiger partial charge in [-0.2, -0.15) is 0 Å². The minimum atomic E-state index is -0.445. The van der Waals surface area contributed by atoms with Crippen LogP contribution in [0.25, 0.3) is 0 Å². The predicted octanol–water partition coefficient (Wildman–Crippen LogP) is 3.52. The Kier molecular flexibility index (Phi) is 7.21. The van der Waals surface area contributed by atoms with Crippen molar-refractivity contribution < 1.29 is 19.4 Å². The van der Waals surface area contributed by atoms with E-state index in [0.717, 1.165) is 11.1 Å². The Morgan fingerprint density at radius 2 is 1.69 bits per heavy atom. The molecule has 0 aromatic heterocycles. The van der Waals surface area contributed by atoms with Crippen molar-refractivity contribution in [2.45, 2.75) is 45.3 Å². The van der Waals surface area contributed by atoms with Crippen LogP contribution in [0.2, 0.25) is 0 Å². The summed E-state index contributed by atoms with van der Waals surface area (Å²) in [6.07, 6.45) is 0.525. The zero-order chi connectivity index (χ0) is 18.9. The normalized spacial score (nSPS) is 11.8. The molecule has 0 fully saturated rings. The lowest BCUT2D eigenvalue weighted by Gasteiger charge is -2.19. The number of para-hydroxylation sites is 1. The van der Waals surface area contributed by atoms with Gasteiger partial charge in [0.05, 0.1) is 18.6 Å². The first-order chi connectivity index (χ1) is 12.5. The molecule has 1 unspecified atom stereocenters. The minimum Gasteiger partial charge on any atom is -0.508 e. The highest BCUT2D eigenvalue weighted by atomic mass is 16.5. The summed E-state index contributed by atoms with van der Waals surface area (Å²) in [5, 5.41) is 12.7. The molecule has 1 amide bonds. The van der Waals surface area contributed by atoms with E-state index in [2.05, 4.69) is 5.32 Å². The van der Waals surface area contributed by atoms with Crippen LogP contribution < -0.4 is 5.32 Å². The lowest BCUT2D eigenvalue weighted by Crippen LogP contribution is -2.31. The summed E-state index contributed by atoms with van der Waals surface area (Å²) in [5.74, 6) is -0.352. The van der Waals surface area contributed by atoms with Gasteiger partial charge >= 0.3 is 5.97 Å². The third kappa shape index (κ3) is 6.24. The van der Waals surface area contributed by atoms with Crippen LogP contribution in [0.3, 0.4) is 0 Å². The largest absolute Gasteiger partial charge is 0.508 e. The Morgan fingerprint density at radius 3 is 2.35 bits per heavy atom. The van der Waals surface area contributed by atoms with E-state index < -0.39 is 6.04 Å². The second kappa shape index (κ2) is 9.61. The van der Waals surface area contributed by atoms with Crippen molar-refractivity contribution in [2.75, 3.05) is 0 Å². The summed E-state index contributed by atoms with van der Waals surface area (Å²) in [7, 11) is 0. The summed E-state index contributed by atoms with van der Waals surface area (Å²) < 4.78 is 5.21. The van der Waals surface area contributed by atoms with Crippen LogP contribution in [0.5, 0.6) is 5.75 Å². The minimum absolute atomic E-state index is 0.0739. The van der Waals surface area contributed by atoms with Crippen molar-refractivity contribution in [1.82, 2.24) is 5.32 Å². The standard InChI is InChI=1S/C21H25NO4/c1-15(2)26-21(25)14-18(16-8-4-3-5-9-16)22-20(24)13-12-17-10-6-7-11-19(17)23/h3-11,15,18,23H,12-14H2,1-2H3,(H,22,24). The van der Waals surface area contributed by atoms with E-state index in [1.165, 1.54) is 0 Å². The quantitative estimate of drug-likeness (QED) is 0.711. The van der Waals surface area contributed by atoms with Gasteiger partial charge < -0.3 is 15.2 Å². The summed E-state index contributed by atoms with van der Waals surface area (Å²) in [6.45, 7) is 3.58. The second-order valence-electron chi connectivity index (χ2n) is 6.40. The van der Waals surface area contributed by atoms with Gasteiger partial charge in [-0.25, -0.2) is 0 Å². The number of carbonyl (C=O) groups is 2. The van der Waals surface area contributed by atoms with Gasteiger partial charge in [0, 0.05) is 6.42 Å². The molecule has 26 heavy (non-hydrogen) atoms. The number of aryl methyl sites for hydroxylation is 1. The molecule has 0 aliphatic carbocycles. The smallest absolute Gasteiger partial charge is 0.308 e. The summed E-state index contributed by atoms with van der Waals surface area (Å²) in [4.78, 5) is 24.4. The van der Waals surface area contributed by atoms with E-state index >= 15 is 0 Å². The fourth-order valence-corrected chi connectivity index (χ4v) is 2.65. The average Bonchev–Trinajstić information content (AvgIpc) is 2.60. The number of phenols is 1. The molecule has 5 nitrogen and oxygen atoms in total. The highest BCUT2D eigenvalue weighted by Crippen LogP contribution is 2.20. The van der Waals surface area contributed by atoms with Crippen molar-refractivity contribution in [2.24, 2.45) is 0 Å². The fourth-order valence-electron chi connectivity index (χ4n) is 2.65. The van der Waals surface area contributed by atoms with Crippen molar-refractivity contribution >= 4 is 11.9 Å². The van der Waals surface area contributed by atoms with Crippen LogP contribution in [0.4, 0.5) is 0 Å². The molecule has 0 saturated carbocycles. The Bertz CT molecular complexity index is 728. The van der Waals surface area contributed by atoms with Crippen molar-refractivity contribution in [1.29, 1.82) is 0 Å². The number of amides is 1. The van der Waals surface area contributed by atoms with E-state index in [1.807, 2.05) is 36.4 Å². The van der Waals surface area contributed by atoms with Crippen molar-refractivity contribution in [3.05, 3.63) is 65.7 Å². The van der Waals surface area contributed by atoms with Crippen LogP contribution in [0.15, 0.2) is 54.6 Å². The maximum atomic E-state index is 12.4. The molecule has 2 aromatic rings.